The summed E-state index contributed by atoms with van der Waals surface area (Å²) in [6.45, 7) is 0.677. The number of carbonyl (C=O) groups is 6. The number of ether oxygens (including phenoxy) is 3. The van der Waals surface area contributed by atoms with Gasteiger partial charge in [-0.25, -0.2) is 39.3 Å². The minimum absolute atomic E-state index is 0.0126. The summed E-state index contributed by atoms with van der Waals surface area (Å²) in [5.74, 6) is 5.67. The molecule has 1 aliphatic heterocycles. The SMILES string of the molecule is COc1cc2c(cc1Nc1cc(NC(=O)C3CC3)ncn1)C=NC2.COc1cc2nn(C(=O)C3CC3)cc2cc1Nc1cc(NC(=O)C2CC2)ncn1.COc1cc2nn(C(=O)C3CC3)cc2cc1Nc1cc(NC(=O)C2CC2)ncn1.O=C(Cl)C1CC1. The second kappa shape index (κ2) is 25.5. The largest absolute Gasteiger partial charge is 0.495 e. The van der Waals surface area contributed by atoms with Crippen molar-refractivity contribution in [2.75, 3.05) is 53.2 Å². The van der Waals surface area contributed by atoms with Crippen molar-refractivity contribution in [2.24, 2.45) is 40.5 Å². The Morgan fingerprint density at radius 3 is 1.14 bits per heavy atom. The average molecular weight is 1210 g/mol. The third-order valence-corrected chi connectivity index (χ3v) is 15.5. The summed E-state index contributed by atoms with van der Waals surface area (Å²) >= 11 is 5.04. The minimum atomic E-state index is -0.157. The van der Waals surface area contributed by atoms with E-state index >= 15 is 0 Å². The number of fused-ring (bicyclic) bond motifs is 3. The van der Waals surface area contributed by atoms with Gasteiger partial charge in [0.25, 0.3) is 0 Å². The molecule has 6 saturated carbocycles. The number of nitrogens with one attached hydrogen (secondary N) is 6. The Labute approximate surface area is 508 Å². The van der Waals surface area contributed by atoms with E-state index in [1.165, 1.54) is 28.3 Å². The van der Waals surface area contributed by atoms with Crippen LogP contribution >= 0.6 is 11.6 Å². The number of methoxy groups -OCH3 is 3. The molecule has 452 valence electrons. The summed E-state index contributed by atoms with van der Waals surface area (Å²) in [5, 5.41) is 28.3. The zero-order valence-electron chi connectivity index (χ0n) is 48.3. The van der Waals surface area contributed by atoms with Crippen molar-refractivity contribution < 1.29 is 43.0 Å². The number of amides is 3. The second-order valence-corrected chi connectivity index (χ2v) is 22.8. The first-order valence-electron chi connectivity index (χ1n) is 29.1. The van der Waals surface area contributed by atoms with Gasteiger partial charge in [0.15, 0.2) is 0 Å². The molecular formula is C61H62ClN17O9. The maximum atomic E-state index is 12.3. The Hall–Kier alpha value is -9.98. The van der Waals surface area contributed by atoms with Crippen molar-refractivity contribution in [1.29, 1.82) is 0 Å². The summed E-state index contributed by atoms with van der Waals surface area (Å²) in [5.41, 5.74) is 5.71. The van der Waals surface area contributed by atoms with Crippen LogP contribution in [0.25, 0.3) is 21.8 Å². The number of hydrogen-bond donors (Lipinski definition) is 6. The summed E-state index contributed by atoms with van der Waals surface area (Å²) in [6.07, 6.45) is 20.9. The highest BCUT2D eigenvalue weighted by molar-refractivity contribution is 6.64. The molecule has 5 aromatic heterocycles. The molecule has 6 fully saturated rings. The molecule has 0 bridgehead atoms. The molecule has 8 aromatic rings. The number of aromatic nitrogens is 10. The summed E-state index contributed by atoms with van der Waals surface area (Å²) in [4.78, 5) is 99.5. The average Bonchev–Trinajstić information content (AvgIpc) is 3.77. The van der Waals surface area contributed by atoms with E-state index in [2.05, 4.69) is 77.0 Å². The van der Waals surface area contributed by atoms with Crippen LogP contribution in [0.3, 0.4) is 0 Å². The van der Waals surface area contributed by atoms with E-state index in [1.807, 2.05) is 30.5 Å². The number of hydrogen-bond acceptors (Lipinski definition) is 21. The highest BCUT2D eigenvalue weighted by Gasteiger charge is 2.34. The number of anilines is 9. The Bertz CT molecular complexity index is 3880. The molecule has 15 rings (SSSR count). The maximum Gasteiger partial charge on any atom is 0.249 e. The van der Waals surface area contributed by atoms with Gasteiger partial charge in [-0.15, -0.1) is 0 Å². The lowest BCUT2D eigenvalue weighted by Gasteiger charge is -2.13. The van der Waals surface area contributed by atoms with E-state index in [4.69, 9.17) is 25.8 Å². The van der Waals surface area contributed by atoms with Gasteiger partial charge in [-0.05, 0) is 124 Å². The van der Waals surface area contributed by atoms with Crippen molar-refractivity contribution in [3.63, 3.8) is 0 Å². The van der Waals surface area contributed by atoms with Gasteiger partial charge in [0.05, 0.1) is 56.0 Å². The molecule has 27 heteroatoms. The van der Waals surface area contributed by atoms with Gasteiger partial charge >= 0.3 is 0 Å². The van der Waals surface area contributed by atoms with Crippen molar-refractivity contribution in [1.82, 2.24) is 49.5 Å². The minimum Gasteiger partial charge on any atom is -0.495 e. The molecule has 6 N–H and O–H groups in total. The lowest BCUT2D eigenvalue weighted by molar-refractivity contribution is -0.118. The van der Waals surface area contributed by atoms with Crippen LogP contribution in [0, 0.1) is 35.5 Å². The van der Waals surface area contributed by atoms with E-state index in [0.717, 1.165) is 110 Å². The van der Waals surface area contributed by atoms with Gasteiger partial charge in [-0.3, -0.25) is 33.8 Å². The fourth-order valence-corrected chi connectivity index (χ4v) is 9.45. The third kappa shape index (κ3) is 14.8. The highest BCUT2D eigenvalue weighted by Crippen LogP contribution is 2.39. The Kier molecular flexibility index (Phi) is 16.9. The fourth-order valence-electron chi connectivity index (χ4n) is 9.23. The van der Waals surface area contributed by atoms with Gasteiger partial charge in [-0.2, -0.15) is 10.2 Å². The van der Waals surface area contributed by atoms with Crippen molar-refractivity contribution >= 4 is 126 Å². The topological polar surface area (TPSA) is 328 Å². The van der Waals surface area contributed by atoms with E-state index in [9.17, 15) is 28.8 Å². The molecule has 6 heterocycles. The highest BCUT2D eigenvalue weighted by atomic mass is 35.5. The molecular weight excluding hydrogens is 1150 g/mol. The molecule has 3 aromatic carbocycles. The Balaban J connectivity index is 0.000000123. The normalized spacial score (nSPS) is 16.0. The quantitative estimate of drug-likeness (QED) is 0.0435. The van der Waals surface area contributed by atoms with Gasteiger partial charge in [0, 0.05) is 95.2 Å². The van der Waals surface area contributed by atoms with E-state index in [-0.39, 0.29) is 70.3 Å². The van der Waals surface area contributed by atoms with Crippen LogP contribution in [-0.4, -0.2) is 112 Å². The fraction of sp³-hybridized carbons (Fsp3) is 0.361. The molecule has 0 saturated heterocycles. The van der Waals surface area contributed by atoms with Gasteiger partial charge in [0.2, 0.25) is 34.8 Å². The van der Waals surface area contributed by atoms with Crippen LogP contribution in [0.2, 0.25) is 0 Å². The standard InChI is InChI=1S/2C20H20N6O3.C17H17N5O2.C4H5ClO/c2*1-29-16-7-14-13(9-26(25-14)20(28)12-4-5-12)6-15(16)23-17-8-18(22-10-21-17)24-19(27)11-2-3-11;1-24-14-5-12-8-18-7-11(12)4-13(14)21-15-6-16(20-9-19-15)22-17(23)10-2-3-10;5-4(6)3-1-2-3/h2*6-12H,2-5H2,1H3,(H2,21,22,23,24,27);4-7,9-10H,2-3,8H2,1H3,(H2,19,20,21,22,23);3H,1-2H2. The molecule has 26 nitrogen and oxygen atoms in total. The molecule has 0 radical (unpaired) electrons. The lowest BCUT2D eigenvalue weighted by atomic mass is 10.1. The molecule has 88 heavy (non-hydrogen) atoms. The monoisotopic (exact) mass is 1210 g/mol. The number of halogens is 1. The van der Waals surface area contributed by atoms with Crippen molar-refractivity contribution in [3.05, 3.63) is 97.1 Å². The Morgan fingerprint density at radius 1 is 0.443 bits per heavy atom. The predicted octanol–water partition coefficient (Wildman–Crippen LogP) is 9.63. The van der Waals surface area contributed by atoms with Gasteiger partial charge in [0.1, 0.15) is 71.1 Å². The number of aliphatic imine (C=N–C) groups is 1. The summed E-state index contributed by atoms with van der Waals surface area (Å²) in [7, 11) is 4.77. The van der Waals surface area contributed by atoms with E-state index < -0.39 is 0 Å². The first-order chi connectivity index (χ1) is 42.7. The van der Waals surface area contributed by atoms with Crippen LogP contribution in [0.5, 0.6) is 17.2 Å². The lowest BCUT2D eigenvalue weighted by Crippen LogP contribution is -2.14. The molecule has 0 spiro atoms. The number of nitrogens with zero attached hydrogens (tertiary/aromatic N) is 11. The maximum absolute atomic E-state index is 12.3. The van der Waals surface area contributed by atoms with Crippen LogP contribution in [0.15, 0.2) is 91.0 Å². The third-order valence-electron chi connectivity index (χ3n) is 15.2. The first-order valence-corrected chi connectivity index (χ1v) is 29.5. The van der Waals surface area contributed by atoms with Gasteiger partial charge in [-0.1, -0.05) is 0 Å². The summed E-state index contributed by atoms with van der Waals surface area (Å²) < 4.78 is 19.2. The van der Waals surface area contributed by atoms with E-state index in [1.54, 1.807) is 64.1 Å². The molecule has 7 aliphatic rings. The number of benzene rings is 3. The zero-order chi connectivity index (χ0) is 61.0. The van der Waals surface area contributed by atoms with Crippen LogP contribution in [-0.2, 0) is 25.7 Å². The van der Waals surface area contributed by atoms with Crippen molar-refractivity contribution in [3.8, 4) is 17.2 Å². The number of carbonyl (C=O) groups excluding carboxylic acids is 6. The van der Waals surface area contributed by atoms with E-state index in [0.29, 0.717) is 75.4 Å². The Morgan fingerprint density at radius 2 is 0.795 bits per heavy atom. The molecule has 0 unspecified atom stereocenters. The number of rotatable bonds is 18. The van der Waals surface area contributed by atoms with Crippen LogP contribution in [0.4, 0.5) is 52.0 Å². The molecule has 3 amide bonds. The first kappa shape index (κ1) is 58.4. The zero-order valence-corrected chi connectivity index (χ0v) is 49.0. The molecule has 6 aliphatic carbocycles. The smallest absolute Gasteiger partial charge is 0.249 e. The van der Waals surface area contributed by atoms with Crippen LogP contribution in [0.1, 0.15) is 97.8 Å². The molecule has 0 atom stereocenters. The summed E-state index contributed by atoms with van der Waals surface area (Å²) in [6, 6.07) is 16.3. The second-order valence-electron chi connectivity index (χ2n) is 22.4. The predicted molar refractivity (Wildman–Crippen MR) is 327 cm³/mol. The van der Waals surface area contributed by atoms with Crippen molar-refractivity contribution in [2.45, 2.75) is 83.6 Å². The van der Waals surface area contributed by atoms with Crippen LogP contribution < -0.4 is 46.1 Å². The van der Waals surface area contributed by atoms with Gasteiger partial charge < -0.3 is 46.1 Å².